The number of carbonyl (C=O) groups is 2. The second kappa shape index (κ2) is 6.52. The fourth-order valence-electron chi connectivity index (χ4n) is 3.98. The molecule has 1 spiro atoms. The number of aromatic nitrogens is 1. The van der Waals surface area contributed by atoms with Crippen LogP contribution in [0.5, 0.6) is 0 Å². The first-order chi connectivity index (χ1) is 12.6. The molecule has 2 aliphatic rings. The number of hydrogen-bond donors (Lipinski definition) is 0. The molecule has 1 aromatic heterocycles. The first kappa shape index (κ1) is 16.7. The predicted octanol–water partition coefficient (Wildman–Crippen LogP) is 2.42. The molecule has 0 aliphatic carbocycles. The average Bonchev–Trinajstić information content (AvgIpc) is 3.21. The van der Waals surface area contributed by atoms with Gasteiger partial charge in [0, 0.05) is 25.8 Å². The first-order valence-corrected chi connectivity index (χ1v) is 8.82. The maximum atomic E-state index is 13.3. The van der Waals surface area contributed by atoms with Gasteiger partial charge in [-0.15, -0.1) is 0 Å². The summed E-state index contributed by atoms with van der Waals surface area (Å²) in [4.78, 5) is 33.2. The van der Waals surface area contributed by atoms with Gasteiger partial charge < -0.3 is 9.80 Å². The van der Waals surface area contributed by atoms with Crippen molar-refractivity contribution in [2.45, 2.75) is 19.3 Å². The van der Waals surface area contributed by atoms with Crippen LogP contribution < -0.4 is 4.90 Å². The molecule has 0 saturated carbocycles. The molecule has 6 heteroatoms. The highest BCUT2D eigenvalue weighted by Gasteiger charge is 2.51. The van der Waals surface area contributed by atoms with Crippen LogP contribution in [-0.4, -0.2) is 41.3 Å². The smallest absolute Gasteiger partial charge is 0.235 e. The molecule has 3 heterocycles. The van der Waals surface area contributed by atoms with Gasteiger partial charge in [0.25, 0.3) is 0 Å². The lowest BCUT2D eigenvalue weighted by Crippen LogP contribution is -2.38. The summed E-state index contributed by atoms with van der Waals surface area (Å²) in [5.41, 5.74) is 0.970. The highest BCUT2D eigenvalue weighted by Crippen LogP contribution is 2.42. The number of rotatable bonds is 3. The molecule has 0 radical (unpaired) electrons. The van der Waals surface area contributed by atoms with Gasteiger partial charge in [-0.25, -0.2) is 4.39 Å². The third-order valence-electron chi connectivity index (χ3n) is 5.42. The number of nitrogens with zero attached hydrogens (tertiary/aromatic N) is 3. The molecular formula is C20H20FN3O2. The molecule has 26 heavy (non-hydrogen) atoms. The van der Waals surface area contributed by atoms with Crippen molar-refractivity contribution in [2.24, 2.45) is 5.41 Å². The average molecular weight is 353 g/mol. The quantitative estimate of drug-likeness (QED) is 0.852. The van der Waals surface area contributed by atoms with Crippen LogP contribution >= 0.6 is 0 Å². The molecule has 134 valence electrons. The van der Waals surface area contributed by atoms with E-state index < -0.39 is 5.41 Å². The lowest BCUT2D eigenvalue weighted by Gasteiger charge is -2.23. The van der Waals surface area contributed by atoms with E-state index in [4.69, 9.17) is 0 Å². The van der Waals surface area contributed by atoms with E-state index in [1.807, 2.05) is 12.1 Å². The number of hydrogen-bond acceptors (Lipinski definition) is 3. The van der Waals surface area contributed by atoms with Crippen molar-refractivity contribution in [3.63, 3.8) is 0 Å². The zero-order chi connectivity index (χ0) is 18.1. The van der Waals surface area contributed by atoms with Crippen LogP contribution in [0.3, 0.4) is 0 Å². The molecule has 0 N–H and O–H groups in total. The number of carbonyl (C=O) groups excluding carboxylic acids is 2. The number of benzene rings is 1. The van der Waals surface area contributed by atoms with Gasteiger partial charge in [0.15, 0.2) is 0 Å². The Morgan fingerprint density at radius 3 is 2.81 bits per heavy atom. The maximum absolute atomic E-state index is 13.3. The van der Waals surface area contributed by atoms with E-state index in [0.29, 0.717) is 31.6 Å². The van der Waals surface area contributed by atoms with Crippen molar-refractivity contribution in [3.05, 3.63) is 60.2 Å². The van der Waals surface area contributed by atoms with Crippen LogP contribution in [0.15, 0.2) is 48.8 Å². The molecule has 1 aromatic carbocycles. The second-order valence-corrected chi connectivity index (χ2v) is 7.07. The molecule has 5 nitrogen and oxygen atoms in total. The Balaban J connectivity index is 1.45. The number of pyridine rings is 1. The van der Waals surface area contributed by atoms with Crippen molar-refractivity contribution >= 4 is 17.5 Å². The largest absolute Gasteiger partial charge is 0.341 e. The summed E-state index contributed by atoms with van der Waals surface area (Å²) < 4.78 is 13.3. The van der Waals surface area contributed by atoms with Crippen LogP contribution in [0.4, 0.5) is 10.1 Å². The van der Waals surface area contributed by atoms with Crippen molar-refractivity contribution in [1.29, 1.82) is 0 Å². The molecular weight excluding hydrogens is 333 g/mol. The third kappa shape index (κ3) is 2.96. The summed E-state index contributed by atoms with van der Waals surface area (Å²) >= 11 is 0. The summed E-state index contributed by atoms with van der Waals surface area (Å²) in [7, 11) is 0. The van der Waals surface area contributed by atoms with E-state index in [1.54, 1.807) is 34.3 Å². The monoisotopic (exact) mass is 353 g/mol. The Labute approximate surface area is 151 Å². The Hall–Kier alpha value is -2.76. The van der Waals surface area contributed by atoms with Gasteiger partial charge in [0.05, 0.1) is 23.7 Å². The summed E-state index contributed by atoms with van der Waals surface area (Å²) in [6.45, 7) is 1.66. The molecule has 2 saturated heterocycles. The van der Waals surface area contributed by atoms with Gasteiger partial charge in [0.2, 0.25) is 11.8 Å². The van der Waals surface area contributed by atoms with Crippen molar-refractivity contribution in [1.82, 2.24) is 9.88 Å². The standard InChI is InChI=1S/C20H20FN3O2/c21-16-4-1-3-15(11-16)12-18(25)23-9-6-20(14-23)7-10-24(19(20)26)17-5-2-8-22-13-17/h1-5,8,11,13H,6-7,9-10,12,14H2. The minimum atomic E-state index is -0.493. The number of amides is 2. The van der Waals surface area contributed by atoms with E-state index in [9.17, 15) is 14.0 Å². The van der Waals surface area contributed by atoms with Crippen LogP contribution in [0.25, 0.3) is 0 Å². The van der Waals surface area contributed by atoms with Gasteiger partial charge in [0.1, 0.15) is 5.82 Å². The van der Waals surface area contributed by atoms with Crippen molar-refractivity contribution in [3.8, 4) is 0 Å². The van der Waals surface area contributed by atoms with Crippen LogP contribution in [0.2, 0.25) is 0 Å². The zero-order valence-corrected chi connectivity index (χ0v) is 14.4. The molecule has 0 bridgehead atoms. The fraction of sp³-hybridized carbons (Fsp3) is 0.350. The van der Waals surface area contributed by atoms with E-state index in [2.05, 4.69) is 4.98 Å². The second-order valence-electron chi connectivity index (χ2n) is 7.07. The Morgan fingerprint density at radius 2 is 2.04 bits per heavy atom. The maximum Gasteiger partial charge on any atom is 0.235 e. The topological polar surface area (TPSA) is 53.5 Å². The van der Waals surface area contributed by atoms with Crippen LogP contribution in [0.1, 0.15) is 18.4 Å². The van der Waals surface area contributed by atoms with E-state index >= 15 is 0 Å². The first-order valence-electron chi connectivity index (χ1n) is 8.82. The van der Waals surface area contributed by atoms with Gasteiger partial charge in [-0.2, -0.15) is 0 Å². The molecule has 2 aliphatic heterocycles. The Bertz CT molecular complexity index is 842. The summed E-state index contributed by atoms with van der Waals surface area (Å²) in [6, 6.07) is 9.80. The number of halogens is 1. The zero-order valence-electron chi connectivity index (χ0n) is 14.4. The van der Waals surface area contributed by atoms with Gasteiger partial charge in [-0.05, 0) is 42.7 Å². The predicted molar refractivity (Wildman–Crippen MR) is 94.9 cm³/mol. The summed E-state index contributed by atoms with van der Waals surface area (Å²) in [5.74, 6) is -0.321. The third-order valence-corrected chi connectivity index (χ3v) is 5.42. The SMILES string of the molecule is O=C(Cc1cccc(F)c1)N1CCC2(CCN(c3cccnc3)C2=O)C1. The molecule has 1 unspecified atom stereocenters. The van der Waals surface area contributed by atoms with Gasteiger partial charge >= 0.3 is 0 Å². The minimum absolute atomic E-state index is 0.0555. The molecule has 4 rings (SSSR count). The minimum Gasteiger partial charge on any atom is -0.341 e. The van der Waals surface area contributed by atoms with E-state index in [0.717, 1.165) is 12.1 Å². The molecule has 2 fully saturated rings. The number of likely N-dealkylation sites (tertiary alicyclic amines) is 1. The number of anilines is 1. The molecule has 2 amide bonds. The van der Waals surface area contributed by atoms with Crippen molar-refractivity contribution < 1.29 is 14.0 Å². The normalized spacial score (nSPS) is 22.4. The lowest BCUT2D eigenvalue weighted by molar-refractivity contribution is -0.130. The van der Waals surface area contributed by atoms with E-state index in [1.165, 1.54) is 12.1 Å². The van der Waals surface area contributed by atoms with Gasteiger partial charge in [-0.1, -0.05) is 12.1 Å². The Kier molecular flexibility index (Phi) is 4.18. The van der Waals surface area contributed by atoms with Gasteiger partial charge in [-0.3, -0.25) is 14.6 Å². The highest BCUT2D eigenvalue weighted by molar-refractivity contribution is 6.00. The Morgan fingerprint density at radius 1 is 1.19 bits per heavy atom. The summed E-state index contributed by atoms with van der Waals surface area (Å²) in [6.07, 6.45) is 4.96. The van der Waals surface area contributed by atoms with Crippen LogP contribution in [0, 0.1) is 11.2 Å². The van der Waals surface area contributed by atoms with Crippen LogP contribution in [-0.2, 0) is 16.0 Å². The lowest BCUT2D eigenvalue weighted by atomic mass is 9.85. The highest BCUT2D eigenvalue weighted by atomic mass is 19.1. The fourth-order valence-corrected chi connectivity index (χ4v) is 3.98. The molecule has 2 aromatic rings. The van der Waals surface area contributed by atoms with Crippen molar-refractivity contribution in [2.75, 3.05) is 24.5 Å². The van der Waals surface area contributed by atoms with E-state index in [-0.39, 0.29) is 24.1 Å². The summed E-state index contributed by atoms with van der Waals surface area (Å²) in [5, 5.41) is 0. The molecule has 1 atom stereocenters.